The number of carbonyl (C=O) groups is 1. The van der Waals surface area contributed by atoms with Gasteiger partial charge in [0.1, 0.15) is 0 Å². The van der Waals surface area contributed by atoms with E-state index in [1.54, 1.807) is 0 Å². The summed E-state index contributed by atoms with van der Waals surface area (Å²) in [5.74, 6) is -11.9. The lowest BCUT2D eigenvalue weighted by molar-refractivity contribution is -0.317. The summed E-state index contributed by atoms with van der Waals surface area (Å²) in [6.07, 6.45) is 0.543. The summed E-state index contributed by atoms with van der Waals surface area (Å²) in [4.78, 5) is 15.8. The number of amides is 1. The minimum Gasteiger partial charge on any atom is -0.481 e. The third-order valence-electron chi connectivity index (χ3n) is 4.93. The van der Waals surface area contributed by atoms with Crippen molar-refractivity contribution in [2.75, 3.05) is 20.3 Å². The number of nitrogens with one attached hydrogen (secondary N) is 2. The zero-order chi connectivity index (χ0) is 20.5. The number of aromatic nitrogens is 1. The van der Waals surface area contributed by atoms with Crippen LogP contribution in [0.25, 0.3) is 0 Å². The van der Waals surface area contributed by atoms with Gasteiger partial charge in [-0.15, -0.1) is 0 Å². The summed E-state index contributed by atoms with van der Waals surface area (Å²) in [7, 11) is 1.26. The van der Waals surface area contributed by atoms with Crippen molar-refractivity contribution >= 4 is 5.91 Å². The van der Waals surface area contributed by atoms with Gasteiger partial charge < -0.3 is 20.1 Å². The van der Waals surface area contributed by atoms with Crippen LogP contribution in [0.15, 0.2) is 6.07 Å². The molecule has 1 saturated heterocycles. The molecule has 6 nitrogen and oxygen atoms in total. The number of nitrogens with zero attached hydrogens (tertiary/aromatic N) is 1. The van der Waals surface area contributed by atoms with Crippen LogP contribution in [-0.2, 0) is 11.3 Å². The second-order valence-electron chi connectivity index (χ2n) is 6.85. The summed E-state index contributed by atoms with van der Waals surface area (Å²) in [5, 5.41) is 5.66. The summed E-state index contributed by atoms with van der Waals surface area (Å²) in [6.45, 7) is -0.119. The molecule has 0 aromatic carbocycles. The number of methoxy groups -OCH3 is 1. The number of halogens is 5. The van der Waals surface area contributed by atoms with Gasteiger partial charge in [-0.3, -0.25) is 4.79 Å². The zero-order valence-corrected chi connectivity index (χ0v) is 15.0. The molecule has 0 bridgehead atoms. The average Bonchev–Trinajstić information content (AvgIpc) is 3.18. The number of hydrogen-bond donors (Lipinski definition) is 2. The van der Waals surface area contributed by atoms with E-state index in [4.69, 9.17) is 9.47 Å². The lowest BCUT2D eigenvalue weighted by Crippen LogP contribution is -2.60. The highest BCUT2D eigenvalue weighted by molar-refractivity contribution is 5.82. The normalized spacial score (nSPS) is 25.1. The molecule has 156 valence electrons. The second kappa shape index (κ2) is 7.69. The molecular weight excluding hydrogens is 389 g/mol. The van der Waals surface area contributed by atoms with Gasteiger partial charge in [0.2, 0.25) is 11.8 Å². The Bertz CT molecular complexity index is 741. The largest absolute Gasteiger partial charge is 0.481 e. The molecule has 28 heavy (non-hydrogen) atoms. The van der Waals surface area contributed by atoms with E-state index in [9.17, 15) is 26.7 Å². The highest BCUT2D eigenvalue weighted by atomic mass is 19.3. The summed E-state index contributed by atoms with van der Waals surface area (Å²) in [6, 6.07) is 0.686. The first kappa shape index (κ1) is 20.6. The van der Waals surface area contributed by atoms with Crippen LogP contribution in [0.3, 0.4) is 0 Å². The minimum absolute atomic E-state index is 0.0582. The van der Waals surface area contributed by atoms with Crippen molar-refractivity contribution < 1.29 is 36.2 Å². The maximum absolute atomic E-state index is 14.2. The van der Waals surface area contributed by atoms with E-state index in [0.717, 1.165) is 19.0 Å². The van der Waals surface area contributed by atoms with Crippen LogP contribution in [0.1, 0.15) is 24.8 Å². The van der Waals surface area contributed by atoms with E-state index in [2.05, 4.69) is 15.6 Å². The Morgan fingerprint density at radius 2 is 2.11 bits per heavy atom. The molecule has 0 radical (unpaired) electrons. The maximum atomic E-state index is 14.2. The predicted molar refractivity (Wildman–Crippen MR) is 87.1 cm³/mol. The molecule has 2 atom stereocenters. The third-order valence-corrected chi connectivity index (χ3v) is 4.93. The van der Waals surface area contributed by atoms with Crippen molar-refractivity contribution in [2.24, 2.45) is 5.92 Å². The minimum atomic E-state index is -4.20. The van der Waals surface area contributed by atoms with Crippen LogP contribution < -0.4 is 20.1 Å². The topological polar surface area (TPSA) is 72.5 Å². The SMILES string of the molecule is COc1nc(OCC2CC(F)(F)C2(F)F)c(F)cc1CNC(=O)C1CCCN1. The molecule has 1 aromatic rings. The smallest absolute Gasteiger partial charge is 0.316 e. The molecule has 1 aliphatic heterocycles. The quantitative estimate of drug-likeness (QED) is 0.676. The van der Waals surface area contributed by atoms with Crippen LogP contribution in [-0.4, -0.2) is 49.0 Å². The molecule has 1 saturated carbocycles. The van der Waals surface area contributed by atoms with E-state index >= 15 is 0 Å². The molecule has 1 aromatic heterocycles. The molecule has 1 amide bonds. The fourth-order valence-corrected chi connectivity index (χ4v) is 3.20. The molecule has 2 N–H and O–H groups in total. The van der Waals surface area contributed by atoms with Crippen LogP contribution >= 0.6 is 0 Å². The molecule has 2 fully saturated rings. The standard InChI is InChI=1S/C17H20F5N3O3/c1-27-14-9(7-24-13(26)12-3-2-4-23-12)5-11(18)15(25-14)28-8-10-6-16(19,20)17(10,21)22/h5,10,12,23H,2-4,6-8H2,1H3,(H,24,26). The van der Waals surface area contributed by atoms with Crippen molar-refractivity contribution in [3.05, 3.63) is 17.4 Å². The molecular formula is C17H20F5N3O3. The Balaban J connectivity index is 1.62. The highest BCUT2D eigenvalue weighted by Crippen LogP contribution is 2.55. The van der Waals surface area contributed by atoms with Gasteiger partial charge in [-0.1, -0.05) is 0 Å². The van der Waals surface area contributed by atoms with Gasteiger partial charge in [-0.05, 0) is 25.5 Å². The molecule has 11 heteroatoms. The summed E-state index contributed by atoms with van der Waals surface area (Å²) >= 11 is 0. The van der Waals surface area contributed by atoms with Crippen molar-refractivity contribution in [2.45, 2.75) is 43.7 Å². The first-order valence-corrected chi connectivity index (χ1v) is 8.78. The lowest BCUT2D eigenvalue weighted by Gasteiger charge is -2.43. The van der Waals surface area contributed by atoms with Gasteiger partial charge in [0.15, 0.2) is 5.82 Å². The summed E-state index contributed by atoms with van der Waals surface area (Å²) in [5.41, 5.74) is 0.221. The van der Waals surface area contributed by atoms with Crippen molar-refractivity contribution in [1.82, 2.24) is 15.6 Å². The maximum Gasteiger partial charge on any atom is 0.316 e. The fourth-order valence-electron chi connectivity index (χ4n) is 3.20. The average molecular weight is 409 g/mol. The van der Waals surface area contributed by atoms with Crippen LogP contribution in [0.2, 0.25) is 0 Å². The monoisotopic (exact) mass is 409 g/mol. The van der Waals surface area contributed by atoms with Crippen LogP contribution in [0.4, 0.5) is 22.0 Å². The van der Waals surface area contributed by atoms with Gasteiger partial charge in [0.05, 0.1) is 25.7 Å². The number of hydrogen-bond acceptors (Lipinski definition) is 5. The Labute approximate surface area is 157 Å². The third kappa shape index (κ3) is 3.85. The lowest BCUT2D eigenvalue weighted by atomic mass is 9.77. The second-order valence-corrected chi connectivity index (χ2v) is 6.85. The predicted octanol–water partition coefficient (Wildman–Crippen LogP) is 2.27. The van der Waals surface area contributed by atoms with Crippen molar-refractivity contribution in [3.8, 4) is 11.8 Å². The molecule has 2 heterocycles. The van der Waals surface area contributed by atoms with E-state index in [1.165, 1.54) is 7.11 Å². The van der Waals surface area contributed by atoms with E-state index in [-0.39, 0.29) is 29.9 Å². The van der Waals surface area contributed by atoms with Gasteiger partial charge in [-0.25, -0.2) is 4.39 Å². The highest BCUT2D eigenvalue weighted by Gasteiger charge is 2.71. The number of carbonyl (C=O) groups excluding carboxylic acids is 1. The van der Waals surface area contributed by atoms with Crippen LogP contribution in [0, 0.1) is 11.7 Å². The Morgan fingerprint density at radius 1 is 1.36 bits per heavy atom. The van der Waals surface area contributed by atoms with Gasteiger partial charge in [0, 0.05) is 18.5 Å². The van der Waals surface area contributed by atoms with E-state index < -0.39 is 42.5 Å². The first-order valence-electron chi connectivity index (χ1n) is 8.78. The number of rotatable bonds is 7. The summed E-state index contributed by atoms with van der Waals surface area (Å²) < 4.78 is 76.4. The zero-order valence-electron chi connectivity index (χ0n) is 15.0. The molecule has 1 aliphatic carbocycles. The number of ether oxygens (including phenoxy) is 2. The molecule has 2 unspecified atom stereocenters. The van der Waals surface area contributed by atoms with Gasteiger partial charge >= 0.3 is 11.8 Å². The molecule has 0 spiro atoms. The fraction of sp³-hybridized carbons (Fsp3) is 0.647. The Morgan fingerprint density at radius 3 is 2.68 bits per heavy atom. The molecule has 3 rings (SSSR count). The van der Waals surface area contributed by atoms with Gasteiger partial charge in [-0.2, -0.15) is 22.5 Å². The molecule has 2 aliphatic rings. The number of pyridine rings is 1. The van der Waals surface area contributed by atoms with E-state index in [1.807, 2.05) is 0 Å². The van der Waals surface area contributed by atoms with E-state index in [0.29, 0.717) is 6.42 Å². The van der Waals surface area contributed by atoms with Crippen molar-refractivity contribution in [3.63, 3.8) is 0 Å². The Kier molecular flexibility index (Phi) is 5.64. The number of alkyl halides is 4. The van der Waals surface area contributed by atoms with Crippen LogP contribution in [0.5, 0.6) is 11.8 Å². The Hall–Kier alpha value is -2.17. The van der Waals surface area contributed by atoms with Gasteiger partial charge in [0.25, 0.3) is 5.88 Å². The first-order chi connectivity index (χ1) is 13.2. The van der Waals surface area contributed by atoms with Crippen molar-refractivity contribution in [1.29, 1.82) is 0 Å².